The monoisotopic (exact) mass is 203 g/mol. The van der Waals surface area contributed by atoms with Crippen molar-refractivity contribution in [3.8, 4) is 5.75 Å². The van der Waals surface area contributed by atoms with Gasteiger partial charge in [0.05, 0.1) is 7.11 Å². The highest BCUT2D eigenvalue weighted by atomic mass is 16.5. The van der Waals surface area contributed by atoms with Gasteiger partial charge in [0, 0.05) is 12.5 Å². The van der Waals surface area contributed by atoms with E-state index < -0.39 is 0 Å². The number of aryl methyl sites for hydroxylation is 1. The van der Waals surface area contributed by atoms with Gasteiger partial charge in [0.25, 0.3) is 0 Å². The minimum atomic E-state index is 0.726. The van der Waals surface area contributed by atoms with Crippen molar-refractivity contribution in [2.24, 2.45) is 5.92 Å². The maximum absolute atomic E-state index is 5.31. The Labute approximate surface area is 90.6 Å². The summed E-state index contributed by atoms with van der Waals surface area (Å²) < 4.78 is 5.31. The van der Waals surface area contributed by atoms with Crippen LogP contribution in [-0.2, 0) is 6.42 Å². The van der Waals surface area contributed by atoms with Crippen LogP contribution >= 0.6 is 0 Å². The van der Waals surface area contributed by atoms with Crippen LogP contribution in [0.4, 0.5) is 0 Å². The van der Waals surface area contributed by atoms with Gasteiger partial charge in [0.1, 0.15) is 5.75 Å². The molecular formula is C13H17NO. The van der Waals surface area contributed by atoms with Gasteiger partial charge < -0.3 is 10.1 Å². The second-order valence-corrected chi connectivity index (χ2v) is 4.63. The molecule has 0 aromatic heterocycles. The highest BCUT2D eigenvalue weighted by Gasteiger charge is 2.33. The summed E-state index contributed by atoms with van der Waals surface area (Å²) in [6.07, 6.45) is 2.58. The molecule has 1 fully saturated rings. The van der Waals surface area contributed by atoms with Gasteiger partial charge in [-0.25, -0.2) is 0 Å². The van der Waals surface area contributed by atoms with Crippen molar-refractivity contribution in [1.29, 1.82) is 0 Å². The van der Waals surface area contributed by atoms with Crippen LogP contribution in [-0.4, -0.2) is 20.2 Å². The topological polar surface area (TPSA) is 21.3 Å². The first-order valence-corrected chi connectivity index (χ1v) is 5.76. The molecule has 0 amide bonds. The molecule has 1 aromatic carbocycles. The molecule has 2 heteroatoms. The van der Waals surface area contributed by atoms with E-state index in [2.05, 4.69) is 23.5 Å². The van der Waals surface area contributed by atoms with Gasteiger partial charge in [-0.05, 0) is 48.6 Å². The average Bonchev–Trinajstić information content (AvgIpc) is 2.76. The van der Waals surface area contributed by atoms with E-state index in [0.717, 1.165) is 24.1 Å². The number of fused-ring (bicyclic) bond motifs is 3. The summed E-state index contributed by atoms with van der Waals surface area (Å²) in [6.45, 7) is 2.34. The van der Waals surface area contributed by atoms with Gasteiger partial charge in [0.2, 0.25) is 0 Å². The van der Waals surface area contributed by atoms with Crippen LogP contribution in [0.2, 0.25) is 0 Å². The Balaban J connectivity index is 2.03. The van der Waals surface area contributed by atoms with E-state index in [1.54, 1.807) is 7.11 Å². The van der Waals surface area contributed by atoms with Gasteiger partial charge in [-0.15, -0.1) is 0 Å². The Morgan fingerprint density at radius 1 is 1.33 bits per heavy atom. The first-order valence-electron chi connectivity index (χ1n) is 5.76. The van der Waals surface area contributed by atoms with Crippen molar-refractivity contribution < 1.29 is 4.74 Å². The van der Waals surface area contributed by atoms with Crippen molar-refractivity contribution in [1.82, 2.24) is 5.32 Å². The van der Waals surface area contributed by atoms with Crippen molar-refractivity contribution in [2.75, 3.05) is 20.2 Å². The Kier molecular flexibility index (Phi) is 2.17. The van der Waals surface area contributed by atoms with Crippen LogP contribution in [0.25, 0.3) is 0 Å². The smallest absolute Gasteiger partial charge is 0.119 e. The average molecular weight is 203 g/mol. The minimum Gasteiger partial charge on any atom is -0.497 e. The molecule has 2 aliphatic rings. The Morgan fingerprint density at radius 2 is 2.27 bits per heavy atom. The number of benzene rings is 1. The Hall–Kier alpha value is -1.02. The van der Waals surface area contributed by atoms with Crippen LogP contribution < -0.4 is 10.1 Å². The minimum absolute atomic E-state index is 0.726. The number of nitrogens with one attached hydrogen (secondary N) is 1. The number of hydrogen-bond acceptors (Lipinski definition) is 2. The molecule has 0 unspecified atom stereocenters. The quantitative estimate of drug-likeness (QED) is 0.753. The zero-order chi connectivity index (χ0) is 10.3. The van der Waals surface area contributed by atoms with Crippen LogP contribution in [0.15, 0.2) is 18.2 Å². The molecule has 80 valence electrons. The Bertz CT molecular complexity index is 375. The summed E-state index contributed by atoms with van der Waals surface area (Å²) in [4.78, 5) is 0. The van der Waals surface area contributed by atoms with Gasteiger partial charge in [-0.1, -0.05) is 6.07 Å². The molecule has 2 nitrogen and oxygen atoms in total. The largest absolute Gasteiger partial charge is 0.497 e. The third kappa shape index (κ3) is 1.44. The standard InChI is InChI=1S/C13H17NO/c1-15-11-5-4-9-2-3-10-7-14-8-13(10)12(9)6-11/h4-6,10,13-14H,2-3,7-8H2,1H3/t10-,13-/m1/s1. The number of ether oxygens (including phenoxy) is 1. The highest BCUT2D eigenvalue weighted by Crippen LogP contribution is 2.39. The number of methoxy groups -OCH3 is 1. The van der Waals surface area contributed by atoms with Crippen LogP contribution in [0.3, 0.4) is 0 Å². The molecule has 2 atom stereocenters. The summed E-state index contributed by atoms with van der Waals surface area (Å²) in [5.41, 5.74) is 3.05. The van der Waals surface area contributed by atoms with Gasteiger partial charge in [-0.2, -0.15) is 0 Å². The number of rotatable bonds is 1. The zero-order valence-electron chi connectivity index (χ0n) is 9.12. The normalized spacial score (nSPS) is 28.3. The number of hydrogen-bond donors (Lipinski definition) is 1. The molecule has 1 aliphatic carbocycles. The predicted octanol–water partition coefficient (Wildman–Crippen LogP) is 1.94. The highest BCUT2D eigenvalue weighted by molar-refractivity contribution is 5.40. The fraction of sp³-hybridized carbons (Fsp3) is 0.538. The lowest BCUT2D eigenvalue weighted by molar-refractivity contribution is 0.408. The second kappa shape index (κ2) is 3.53. The second-order valence-electron chi connectivity index (χ2n) is 4.63. The zero-order valence-corrected chi connectivity index (χ0v) is 9.12. The first kappa shape index (κ1) is 9.22. The summed E-state index contributed by atoms with van der Waals surface area (Å²) in [5.74, 6) is 2.58. The molecule has 15 heavy (non-hydrogen) atoms. The molecule has 0 bridgehead atoms. The SMILES string of the molecule is COc1ccc2c(c1)[C@@H]1CNC[C@H]1CC2. The molecule has 0 spiro atoms. The molecule has 1 aliphatic heterocycles. The van der Waals surface area contributed by atoms with Crippen molar-refractivity contribution in [3.63, 3.8) is 0 Å². The fourth-order valence-electron chi connectivity index (χ4n) is 3.01. The predicted molar refractivity (Wildman–Crippen MR) is 60.4 cm³/mol. The van der Waals surface area contributed by atoms with Crippen molar-refractivity contribution >= 4 is 0 Å². The van der Waals surface area contributed by atoms with E-state index in [1.165, 1.54) is 30.5 Å². The third-order valence-electron chi connectivity index (χ3n) is 3.88. The van der Waals surface area contributed by atoms with E-state index in [9.17, 15) is 0 Å². The maximum atomic E-state index is 5.31. The summed E-state index contributed by atoms with van der Waals surface area (Å²) in [6, 6.07) is 6.56. The summed E-state index contributed by atoms with van der Waals surface area (Å²) >= 11 is 0. The van der Waals surface area contributed by atoms with E-state index >= 15 is 0 Å². The van der Waals surface area contributed by atoms with E-state index in [-0.39, 0.29) is 0 Å². The van der Waals surface area contributed by atoms with E-state index in [1.807, 2.05) is 0 Å². The van der Waals surface area contributed by atoms with Crippen LogP contribution in [0.1, 0.15) is 23.5 Å². The molecule has 3 rings (SSSR count). The van der Waals surface area contributed by atoms with Gasteiger partial charge >= 0.3 is 0 Å². The van der Waals surface area contributed by atoms with E-state index in [0.29, 0.717) is 0 Å². The van der Waals surface area contributed by atoms with Gasteiger partial charge in [0.15, 0.2) is 0 Å². The summed E-state index contributed by atoms with van der Waals surface area (Å²) in [7, 11) is 1.74. The lowest BCUT2D eigenvalue weighted by atomic mass is 9.77. The molecular weight excluding hydrogens is 186 g/mol. The van der Waals surface area contributed by atoms with Crippen molar-refractivity contribution in [2.45, 2.75) is 18.8 Å². The van der Waals surface area contributed by atoms with Crippen LogP contribution in [0.5, 0.6) is 5.75 Å². The third-order valence-corrected chi connectivity index (χ3v) is 3.88. The Morgan fingerprint density at radius 3 is 3.13 bits per heavy atom. The summed E-state index contributed by atoms with van der Waals surface area (Å²) in [5, 5.41) is 3.50. The first-order chi connectivity index (χ1) is 7.38. The van der Waals surface area contributed by atoms with Crippen molar-refractivity contribution in [3.05, 3.63) is 29.3 Å². The lowest BCUT2D eigenvalue weighted by Crippen LogP contribution is -2.18. The van der Waals surface area contributed by atoms with Gasteiger partial charge in [-0.3, -0.25) is 0 Å². The molecule has 1 saturated heterocycles. The molecule has 1 heterocycles. The molecule has 1 aromatic rings. The van der Waals surface area contributed by atoms with Crippen LogP contribution in [0, 0.1) is 5.92 Å². The molecule has 1 N–H and O–H groups in total. The maximum Gasteiger partial charge on any atom is 0.119 e. The van der Waals surface area contributed by atoms with E-state index in [4.69, 9.17) is 4.74 Å². The lowest BCUT2D eigenvalue weighted by Gasteiger charge is -2.27. The fourth-order valence-corrected chi connectivity index (χ4v) is 3.01. The molecule has 0 radical (unpaired) electrons. The molecule has 0 saturated carbocycles.